The topological polar surface area (TPSA) is 72.3 Å². The van der Waals surface area contributed by atoms with Gasteiger partial charge in [0.05, 0.1) is 4.34 Å². The van der Waals surface area contributed by atoms with Crippen molar-refractivity contribution in [3.63, 3.8) is 0 Å². The number of primary amides is 1. The molecule has 4 N–H and O–H groups in total. The maximum Gasteiger partial charge on any atom is 0.219 e. The third-order valence-corrected chi connectivity index (χ3v) is 3.58. The number of nitrogens with two attached hydrogens (primary N) is 2. The summed E-state index contributed by atoms with van der Waals surface area (Å²) in [6, 6.07) is 3.82. The summed E-state index contributed by atoms with van der Waals surface area (Å²) >= 11 is 7.37. The van der Waals surface area contributed by atoms with Gasteiger partial charge in [0.1, 0.15) is 0 Å². The van der Waals surface area contributed by atoms with E-state index in [-0.39, 0.29) is 18.4 Å². The van der Waals surface area contributed by atoms with E-state index in [2.05, 4.69) is 0 Å². The molecule has 90 valence electrons. The molecule has 0 aliphatic rings. The van der Waals surface area contributed by atoms with Crippen molar-refractivity contribution >= 4 is 28.8 Å². The minimum atomic E-state index is -0.327. The van der Waals surface area contributed by atoms with Crippen LogP contribution in [0.1, 0.15) is 11.3 Å². The van der Waals surface area contributed by atoms with E-state index in [0.717, 1.165) is 15.8 Å². The van der Waals surface area contributed by atoms with Crippen LogP contribution < -0.4 is 11.5 Å². The smallest absolute Gasteiger partial charge is 0.219 e. The Bertz CT molecular complexity index is 356. The van der Waals surface area contributed by atoms with E-state index in [0.29, 0.717) is 6.54 Å². The van der Waals surface area contributed by atoms with E-state index < -0.39 is 0 Å². The summed E-state index contributed by atoms with van der Waals surface area (Å²) in [6.45, 7) is 1.14. The predicted octanol–water partition coefficient (Wildman–Crippen LogP) is 1.04. The van der Waals surface area contributed by atoms with Gasteiger partial charge in [-0.2, -0.15) is 0 Å². The molecule has 0 aliphatic carbocycles. The number of amides is 1. The molecule has 0 saturated carbocycles. The molecule has 16 heavy (non-hydrogen) atoms. The number of thiophene rings is 1. The van der Waals surface area contributed by atoms with E-state index in [4.69, 9.17) is 23.1 Å². The van der Waals surface area contributed by atoms with Gasteiger partial charge in [0.25, 0.3) is 0 Å². The second-order valence-corrected chi connectivity index (χ2v) is 5.48. The van der Waals surface area contributed by atoms with E-state index in [9.17, 15) is 4.79 Å². The lowest BCUT2D eigenvalue weighted by Crippen LogP contribution is -2.40. The van der Waals surface area contributed by atoms with Crippen molar-refractivity contribution in [1.82, 2.24) is 4.90 Å². The molecule has 6 heteroatoms. The van der Waals surface area contributed by atoms with Crippen molar-refractivity contribution in [2.75, 3.05) is 13.6 Å². The van der Waals surface area contributed by atoms with Crippen LogP contribution in [0.25, 0.3) is 0 Å². The largest absolute Gasteiger partial charge is 0.370 e. The van der Waals surface area contributed by atoms with Gasteiger partial charge in [0, 0.05) is 30.4 Å². The lowest BCUT2D eigenvalue weighted by molar-refractivity contribution is -0.119. The molecule has 0 aliphatic heterocycles. The first kappa shape index (κ1) is 13.4. The number of carbonyl (C=O) groups excluding carboxylic acids is 1. The van der Waals surface area contributed by atoms with Gasteiger partial charge in [-0.05, 0) is 19.2 Å². The van der Waals surface area contributed by atoms with Crippen LogP contribution in [0.2, 0.25) is 4.34 Å². The molecule has 0 fully saturated rings. The van der Waals surface area contributed by atoms with E-state index >= 15 is 0 Å². The summed E-state index contributed by atoms with van der Waals surface area (Å²) in [4.78, 5) is 14.0. The fourth-order valence-electron chi connectivity index (χ4n) is 1.46. The molecule has 0 spiro atoms. The average molecular weight is 262 g/mol. The SMILES string of the molecule is CN(Cc1ccc(Cl)s1)C(CN)CC(N)=O. The van der Waals surface area contributed by atoms with E-state index in [1.807, 2.05) is 24.1 Å². The Morgan fingerprint density at radius 1 is 1.62 bits per heavy atom. The molecule has 0 saturated heterocycles. The molecule has 1 atom stereocenters. The Morgan fingerprint density at radius 3 is 2.75 bits per heavy atom. The van der Waals surface area contributed by atoms with Crippen LogP contribution in [0.5, 0.6) is 0 Å². The number of rotatable bonds is 6. The summed E-state index contributed by atoms with van der Waals surface area (Å²) in [6.07, 6.45) is 0.284. The fraction of sp³-hybridized carbons (Fsp3) is 0.500. The van der Waals surface area contributed by atoms with Crippen molar-refractivity contribution in [1.29, 1.82) is 0 Å². The number of carbonyl (C=O) groups is 1. The molecule has 1 amide bonds. The maximum atomic E-state index is 10.9. The average Bonchev–Trinajstić information content (AvgIpc) is 2.60. The third-order valence-electron chi connectivity index (χ3n) is 2.37. The summed E-state index contributed by atoms with van der Waals surface area (Å²) in [5, 5.41) is 0. The van der Waals surface area contributed by atoms with Gasteiger partial charge in [-0.15, -0.1) is 11.3 Å². The first-order valence-electron chi connectivity index (χ1n) is 4.95. The lowest BCUT2D eigenvalue weighted by atomic mass is 10.1. The Hall–Kier alpha value is -0.620. The summed E-state index contributed by atoms with van der Waals surface area (Å²) in [7, 11) is 1.92. The Morgan fingerprint density at radius 2 is 2.31 bits per heavy atom. The zero-order chi connectivity index (χ0) is 12.1. The molecule has 1 aromatic heterocycles. The molecule has 0 radical (unpaired) electrons. The molecule has 1 heterocycles. The van der Waals surface area contributed by atoms with Gasteiger partial charge in [0.2, 0.25) is 5.91 Å². The zero-order valence-corrected chi connectivity index (χ0v) is 10.7. The van der Waals surface area contributed by atoms with Crippen LogP contribution in [0.3, 0.4) is 0 Å². The summed E-state index contributed by atoms with van der Waals surface area (Å²) in [5.74, 6) is -0.327. The lowest BCUT2D eigenvalue weighted by Gasteiger charge is -2.25. The molecule has 1 aromatic rings. The van der Waals surface area contributed by atoms with Crippen LogP contribution in [0, 0.1) is 0 Å². The van der Waals surface area contributed by atoms with Crippen molar-refractivity contribution in [2.45, 2.75) is 19.0 Å². The van der Waals surface area contributed by atoms with Gasteiger partial charge in [-0.1, -0.05) is 11.6 Å². The normalized spacial score (nSPS) is 13.0. The van der Waals surface area contributed by atoms with Crippen LogP contribution in [-0.2, 0) is 11.3 Å². The zero-order valence-electron chi connectivity index (χ0n) is 9.15. The second kappa shape index (κ2) is 6.20. The molecule has 0 bridgehead atoms. The van der Waals surface area contributed by atoms with E-state index in [1.165, 1.54) is 11.3 Å². The van der Waals surface area contributed by atoms with Gasteiger partial charge >= 0.3 is 0 Å². The van der Waals surface area contributed by atoms with Crippen molar-refractivity contribution in [3.05, 3.63) is 21.3 Å². The third kappa shape index (κ3) is 4.09. The predicted molar refractivity (Wildman–Crippen MR) is 67.4 cm³/mol. The van der Waals surface area contributed by atoms with Crippen LogP contribution in [-0.4, -0.2) is 30.4 Å². The first-order chi connectivity index (χ1) is 7.52. The molecular weight excluding hydrogens is 246 g/mol. The first-order valence-corrected chi connectivity index (χ1v) is 6.15. The van der Waals surface area contributed by atoms with Gasteiger partial charge in [0.15, 0.2) is 0 Å². The highest BCUT2D eigenvalue weighted by Gasteiger charge is 2.16. The Kier molecular flexibility index (Phi) is 5.21. The van der Waals surface area contributed by atoms with Crippen molar-refractivity contribution in [3.8, 4) is 0 Å². The molecule has 1 rings (SSSR count). The minimum Gasteiger partial charge on any atom is -0.370 e. The van der Waals surface area contributed by atoms with Crippen LogP contribution in [0.4, 0.5) is 0 Å². The maximum absolute atomic E-state index is 10.9. The number of likely N-dealkylation sites (N-methyl/N-ethyl adjacent to an activating group) is 1. The molecule has 0 aromatic carbocycles. The Labute approximate surface area is 104 Å². The highest BCUT2D eigenvalue weighted by atomic mass is 35.5. The summed E-state index contributed by atoms with van der Waals surface area (Å²) in [5.41, 5.74) is 10.8. The number of nitrogens with zero attached hydrogens (tertiary/aromatic N) is 1. The van der Waals surface area contributed by atoms with E-state index in [1.54, 1.807) is 0 Å². The van der Waals surface area contributed by atoms with Gasteiger partial charge in [-0.3, -0.25) is 9.69 Å². The number of hydrogen-bond acceptors (Lipinski definition) is 4. The quantitative estimate of drug-likeness (QED) is 0.804. The number of hydrogen-bond donors (Lipinski definition) is 2. The standard InChI is InChI=1S/C10H16ClN3OS/c1-14(7(5-12)4-10(13)15)6-8-2-3-9(11)16-8/h2-3,7H,4-6,12H2,1H3,(H2,13,15). The molecular formula is C10H16ClN3OS. The highest BCUT2D eigenvalue weighted by molar-refractivity contribution is 7.16. The number of halogens is 1. The Balaban J connectivity index is 2.55. The van der Waals surface area contributed by atoms with Crippen LogP contribution >= 0.6 is 22.9 Å². The minimum absolute atomic E-state index is 0.0154. The van der Waals surface area contributed by atoms with Gasteiger partial charge in [-0.25, -0.2) is 0 Å². The molecule has 1 unspecified atom stereocenters. The second-order valence-electron chi connectivity index (χ2n) is 3.68. The summed E-state index contributed by atoms with van der Waals surface area (Å²) < 4.78 is 0.766. The monoisotopic (exact) mass is 261 g/mol. The molecule has 4 nitrogen and oxygen atoms in total. The van der Waals surface area contributed by atoms with Crippen molar-refractivity contribution in [2.24, 2.45) is 11.5 Å². The van der Waals surface area contributed by atoms with Crippen LogP contribution in [0.15, 0.2) is 12.1 Å². The van der Waals surface area contributed by atoms with Crippen molar-refractivity contribution < 1.29 is 4.79 Å². The van der Waals surface area contributed by atoms with Gasteiger partial charge < -0.3 is 11.5 Å². The highest BCUT2D eigenvalue weighted by Crippen LogP contribution is 2.23. The fourth-order valence-corrected chi connectivity index (χ4v) is 2.61.